The van der Waals surface area contributed by atoms with Crippen molar-refractivity contribution >= 4 is 17.6 Å². The zero-order chi connectivity index (χ0) is 23.2. The van der Waals surface area contributed by atoms with E-state index in [1.807, 2.05) is 50.1 Å². The normalized spacial score (nSPS) is 21.8. The van der Waals surface area contributed by atoms with Crippen molar-refractivity contribution in [1.82, 2.24) is 15.1 Å². The average Bonchev–Trinajstić information content (AvgIpc) is 2.85. The maximum Gasteiger partial charge on any atom is 0.254 e. The molecule has 2 aromatic carbocycles. The Bertz CT molecular complexity index is 929. The second-order valence-electron chi connectivity index (χ2n) is 8.87. The Morgan fingerprint density at radius 3 is 2.18 bits per heavy atom. The van der Waals surface area contributed by atoms with Crippen molar-refractivity contribution in [2.45, 2.75) is 32.6 Å². The molecule has 2 fully saturated rings. The second kappa shape index (κ2) is 10.7. The van der Waals surface area contributed by atoms with Gasteiger partial charge in [0.1, 0.15) is 0 Å². The van der Waals surface area contributed by atoms with Crippen LogP contribution < -0.4 is 10.2 Å². The van der Waals surface area contributed by atoms with E-state index in [4.69, 9.17) is 4.74 Å². The molecule has 2 heterocycles. The molecule has 0 radical (unpaired) electrons. The lowest BCUT2D eigenvalue weighted by Gasteiger charge is -2.37. The molecule has 4 rings (SSSR count). The summed E-state index contributed by atoms with van der Waals surface area (Å²) in [5.41, 5.74) is 3.12. The summed E-state index contributed by atoms with van der Waals surface area (Å²) >= 11 is 0. The third-order valence-corrected chi connectivity index (χ3v) is 6.27. The minimum absolute atomic E-state index is 0.0717. The molecule has 1 N–H and O–H groups in total. The Labute approximate surface area is 197 Å². The summed E-state index contributed by atoms with van der Waals surface area (Å²) in [4.78, 5) is 24.0. The van der Waals surface area contributed by atoms with Crippen LogP contribution in [0.4, 0.5) is 5.69 Å². The number of para-hydroxylation sites is 1. The number of piperazine rings is 1. The summed E-state index contributed by atoms with van der Waals surface area (Å²) < 4.78 is 5.74. The van der Waals surface area contributed by atoms with Gasteiger partial charge < -0.3 is 24.8 Å². The molecule has 7 nitrogen and oxygen atoms in total. The fraction of sp³-hybridized carbons (Fsp3) is 0.462. The molecule has 2 saturated heterocycles. The first kappa shape index (κ1) is 23.1. The fourth-order valence-corrected chi connectivity index (χ4v) is 4.62. The lowest BCUT2D eigenvalue weighted by molar-refractivity contribution is -0.0586. The number of guanidine groups is 1. The minimum Gasteiger partial charge on any atom is -0.372 e. The summed E-state index contributed by atoms with van der Waals surface area (Å²) in [7, 11) is 1.83. The van der Waals surface area contributed by atoms with Crippen LogP contribution in [0.1, 0.15) is 29.8 Å². The Kier molecular flexibility index (Phi) is 7.50. The Morgan fingerprint density at radius 1 is 0.939 bits per heavy atom. The van der Waals surface area contributed by atoms with E-state index in [1.54, 1.807) is 0 Å². The third-order valence-electron chi connectivity index (χ3n) is 6.27. The summed E-state index contributed by atoms with van der Waals surface area (Å²) in [6.07, 6.45) is 0.143. The zero-order valence-electron chi connectivity index (χ0n) is 19.9. The third kappa shape index (κ3) is 5.85. The Morgan fingerprint density at radius 2 is 1.58 bits per heavy atom. The summed E-state index contributed by atoms with van der Waals surface area (Å²) in [6.45, 7) is 9.78. The number of amides is 1. The molecule has 33 heavy (non-hydrogen) atoms. The van der Waals surface area contributed by atoms with Gasteiger partial charge in [-0.05, 0) is 43.7 Å². The maximum absolute atomic E-state index is 12.9. The van der Waals surface area contributed by atoms with Gasteiger partial charge in [-0.1, -0.05) is 30.3 Å². The van der Waals surface area contributed by atoms with E-state index in [0.29, 0.717) is 19.6 Å². The van der Waals surface area contributed by atoms with E-state index < -0.39 is 0 Å². The van der Waals surface area contributed by atoms with Gasteiger partial charge in [0.2, 0.25) is 0 Å². The van der Waals surface area contributed by atoms with Crippen molar-refractivity contribution in [3.8, 4) is 0 Å². The SMILES string of the molecule is CN=C(NCc1ccc(C(=O)N2CC(C)OC(C)C2)cc1)N1CCN(c2ccccc2)CC1. The van der Waals surface area contributed by atoms with E-state index in [2.05, 4.69) is 50.4 Å². The topological polar surface area (TPSA) is 60.4 Å². The number of nitrogens with one attached hydrogen (secondary N) is 1. The molecule has 7 heteroatoms. The van der Waals surface area contributed by atoms with Gasteiger partial charge >= 0.3 is 0 Å². The first-order valence-electron chi connectivity index (χ1n) is 11.8. The van der Waals surface area contributed by atoms with E-state index in [1.165, 1.54) is 5.69 Å². The molecule has 1 amide bonds. The number of ether oxygens (including phenoxy) is 1. The van der Waals surface area contributed by atoms with Gasteiger partial charge in [-0.2, -0.15) is 0 Å². The van der Waals surface area contributed by atoms with Gasteiger partial charge in [0.05, 0.1) is 12.2 Å². The van der Waals surface area contributed by atoms with E-state index in [0.717, 1.165) is 43.3 Å². The fourth-order valence-electron chi connectivity index (χ4n) is 4.62. The van der Waals surface area contributed by atoms with Crippen molar-refractivity contribution in [2.24, 2.45) is 4.99 Å². The summed E-state index contributed by atoms with van der Waals surface area (Å²) in [5, 5.41) is 3.48. The molecule has 2 aromatic rings. The lowest BCUT2D eigenvalue weighted by atomic mass is 10.1. The molecule has 2 unspecified atom stereocenters. The predicted molar refractivity (Wildman–Crippen MR) is 133 cm³/mol. The van der Waals surface area contributed by atoms with Crippen LogP contribution in [0.2, 0.25) is 0 Å². The Hall–Kier alpha value is -3.06. The van der Waals surface area contributed by atoms with E-state index in [-0.39, 0.29) is 18.1 Å². The molecule has 0 aliphatic carbocycles. The number of hydrogen-bond donors (Lipinski definition) is 1. The van der Waals surface area contributed by atoms with Crippen molar-refractivity contribution < 1.29 is 9.53 Å². The molecule has 176 valence electrons. The van der Waals surface area contributed by atoms with Crippen LogP contribution in [0.25, 0.3) is 0 Å². The van der Waals surface area contributed by atoms with Gasteiger partial charge in [0, 0.05) is 64.1 Å². The smallest absolute Gasteiger partial charge is 0.254 e. The number of morpholine rings is 1. The van der Waals surface area contributed by atoms with Crippen LogP contribution in [0.5, 0.6) is 0 Å². The highest BCUT2D eigenvalue weighted by Crippen LogP contribution is 2.17. The average molecular weight is 450 g/mol. The highest BCUT2D eigenvalue weighted by atomic mass is 16.5. The number of benzene rings is 2. The molecule has 2 aliphatic rings. The molecular formula is C26H35N5O2. The number of rotatable bonds is 4. The number of carbonyl (C=O) groups is 1. The molecule has 0 bridgehead atoms. The highest BCUT2D eigenvalue weighted by molar-refractivity contribution is 5.94. The predicted octanol–water partition coefficient (Wildman–Crippen LogP) is 2.83. The largest absolute Gasteiger partial charge is 0.372 e. The monoisotopic (exact) mass is 449 g/mol. The first-order chi connectivity index (χ1) is 16.0. The molecule has 0 spiro atoms. The molecule has 2 atom stereocenters. The van der Waals surface area contributed by atoms with Gasteiger partial charge in [-0.3, -0.25) is 9.79 Å². The molecule has 0 aromatic heterocycles. The number of carbonyl (C=O) groups excluding carboxylic acids is 1. The van der Waals surface area contributed by atoms with Crippen molar-refractivity contribution in [3.05, 3.63) is 65.7 Å². The van der Waals surface area contributed by atoms with Crippen LogP contribution >= 0.6 is 0 Å². The Balaban J connectivity index is 1.28. The van der Waals surface area contributed by atoms with E-state index >= 15 is 0 Å². The van der Waals surface area contributed by atoms with Crippen LogP contribution in [0, 0.1) is 0 Å². The highest BCUT2D eigenvalue weighted by Gasteiger charge is 2.26. The maximum atomic E-state index is 12.9. The number of anilines is 1. The molecule has 2 aliphatic heterocycles. The van der Waals surface area contributed by atoms with Gasteiger partial charge in [0.25, 0.3) is 5.91 Å². The standard InChI is InChI=1S/C26H35N5O2/c1-20-18-31(19-21(2)33-20)25(32)23-11-9-22(10-12-23)17-28-26(27-3)30-15-13-29(14-16-30)24-7-5-4-6-8-24/h4-12,20-21H,13-19H2,1-3H3,(H,27,28). The second-order valence-corrected chi connectivity index (χ2v) is 8.87. The first-order valence-corrected chi connectivity index (χ1v) is 11.8. The van der Waals surface area contributed by atoms with Gasteiger partial charge in [0.15, 0.2) is 5.96 Å². The number of nitrogens with zero attached hydrogens (tertiary/aromatic N) is 4. The lowest BCUT2D eigenvalue weighted by Crippen LogP contribution is -2.52. The van der Waals surface area contributed by atoms with Crippen LogP contribution in [0.3, 0.4) is 0 Å². The van der Waals surface area contributed by atoms with Crippen molar-refractivity contribution in [1.29, 1.82) is 0 Å². The number of aliphatic imine (C=N–C) groups is 1. The zero-order valence-corrected chi connectivity index (χ0v) is 19.9. The van der Waals surface area contributed by atoms with Crippen LogP contribution in [0.15, 0.2) is 59.6 Å². The van der Waals surface area contributed by atoms with Gasteiger partial charge in [-0.15, -0.1) is 0 Å². The van der Waals surface area contributed by atoms with E-state index in [9.17, 15) is 4.79 Å². The minimum atomic E-state index is 0.0717. The van der Waals surface area contributed by atoms with Gasteiger partial charge in [-0.25, -0.2) is 0 Å². The van der Waals surface area contributed by atoms with Crippen LogP contribution in [-0.2, 0) is 11.3 Å². The summed E-state index contributed by atoms with van der Waals surface area (Å²) in [6, 6.07) is 18.4. The summed E-state index contributed by atoms with van der Waals surface area (Å²) in [5.74, 6) is 0.989. The number of hydrogen-bond acceptors (Lipinski definition) is 4. The van der Waals surface area contributed by atoms with Crippen molar-refractivity contribution in [2.75, 3.05) is 51.2 Å². The molecule has 0 saturated carbocycles. The quantitative estimate of drug-likeness (QED) is 0.575. The van der Waals surface area contributed by atoms with Crippen molar-refractivity contribution in [3.63, 3.8) is 0 Å². The van der Waals surface area contributed by atoms with Crippen LogP contribution in [-0.4, -0.2) is 80.2 Å². The molecular weight excluding hydrogens is 414 g/mol.